The molecular formula is C14H19N5O4S2. The summed E-state index contributed by atoms with van der Waals surface area (Å²) < 4.78 is 32.1. The fourth-order valence-electron chi connectivity index (χ4n) is 2.89. The van der Waals surface area contributed by atoms with Crippen molar-refractivity contribution in [3.05, 3.63) is 16.5 Å². The fourth-order valence-corrected chi connectivity index (χ4v) is 5.52. The van der Waals surface area contributed by atoms with Crippen LogP contribution in [-0.2, 0) is 21.2 Å². The molecule has 3 heterocycles. The molecule has 2 aromatic rings. The Kier molecular flexibility index (Phi) is 4.89. The minimum absolute atomic E-state index is 0.0383. The van der Waals surface area contributed by atoms with E-state index >= 15 is 0 Å². The molecule has 3 rings (SSSR count). The molecule has 0 bridgehead atoms. The number of aryl methyl sites for hydroxylation is 3. The van der Waals surface area contributed by atoms with Gasteiger partial charge in [0.25, 0.3) is 0 Å². The quantitative estimate of drug-likeness (QED) is 0.828. The van der Waals surface area contributed by atoms with Gasteiger partial charge in [-0.25, -0.2) is 8.42 Å². The number of aromatic nitrogens is 3. The second-order valence-electron chi connectivity index (χ2n) is 5.77. The SMILES string of the molecule is CCc1nnc(NC(=O)[C@H]2CCCN2S(=O)(=O)c2c(C)noc2C)s1. The maximum atomic E-state index is 13.0. The van der Waals surface area contributed by atoms with Crippen molar-refractivity contribution in [1.29, 1.82) is 0 Å². The number of nitrogens with one attached hydrogen (secondary N) is 1. The molecular weight excluding hydrogens is 366 g/mol. The molecule has 1 saturated heterocycles. The van der Waals surface area contributed by atoms with Crippen LogP contribution >= 0.6 is 11.3 Å². The van der Waals surface area contributed by atoms with E-state index in [1.165, 1.54) is 15.6 Å². The van der Waals surface area contributed by atoms with Gasteiger partial charge in [-0.15, -0.1) is 10.2 Å². The molecule has 2 aromatic heterocycles. The van der Waals surface area contributed by atoms with Gasteiger partial charge in [0.05, 0.1) is 0 Å². The number of anilines is 1. The molecule has 0 radical (unpaired) electrons. The van der Waals surface area contributed by atoms with Crippen LogP contribution in [0.15, 0.2) is 9.42 Å². The van der Waals surface area contributed by atoms with Crippen LogP contribution in [0.2, 0.25) is 0 Å². The summed E-state index contributed by atoms with van der Waals surface area (Å²) in [4.78, 5) is 12.6. The molecule has 1 aliphatic rings. The fraction of sp³-hybridized carbons (Fsp3) is 0.571. The standard InChI is InChI=1S/C14H19N5O4S2/c1-4-11-16-17-14(24-11)15-13(20)10-6-5-7-19(10)25(21,22)12-8(2)18-23-9(12)3/h10H,4-7H2,1-3H3,(H,15,17,20)/t10-/m1/s1. The molecule has 9 nitrogen and oxygen atoms in total. The summed E-state index contributed by atoms with van der Waals surface area (Å²) in [5, 5.41) is 15.4. The Morgan fingerprint density at radius 2 is 2.16 bits per heavy atom. The highest BCUT2D eigenvalue weighted by atomic mass is 32.2. The Morgan fingerprint density at radius 1 is 1.40 bits per heavy atom. The van der Waals surface area contributed by atoms with E-state index in [9.17, 15) is 13.2 Å². The lowest BCUT2D eigenvalue weighted by atomic mass is 10.2. The number of amides is 1. The highest BCUT2D eigenvalue weighted by Gasteiger charge is 2.42. The first-order valence-corrected chi connectivity index (χ1v) is 10.2. The molecule has 25 heavy (non-hydrogen) atoms. The minimum Gasteiger partial charge on any atom is -0.360 e. The van der Waals surface area contributed by atoms with Gasteiger partial charge >= 0.3 is 0 Å². The van der Waals surface area contributed by atoms with Crippen molar-refractivity contribution in [2.45, 2.75) is 51.0 Å². The van der Waals surface area contributed by atoms with Gasteiger partial charge in [-0.3, -0.25) is 10.1 Å². The smallest absolute Gasteiger partial charge is 0.249 e. The van der Waals surface area contributed by atoms with Crippen molar-refractivity contribution in [2.24, 2.45) is 0 Å². The monoisotopic (exact) mass is 385 g/mol. The van der Waals surface area contributed by atoms with Crippen LogP contribution in [-0.4, -0.2) is 46.6 Å². The van der Waals surface area contributed by atoms with Gasteiger partial charge in [0.15, 0.2) is 5.76 Å². The molecule has 136 valence electrons. The van der Waals surface area contributed by atoms with Crippen LogP contribution in [0.25, 0.3) is 0 Å². The predicted molar refractivity (Wildman–Crippen MR) is 90.8 cm³/mol. The van der Waals surface area contributed by atoms with Gasteiger partial charge in [-0.05, 0) is 33.1 Å². The molecule has 0 aromatic carbocycles. The third kappa shape index (κ3) is 3.31. The number of rotatable bonds is 5. The van der Waals surface area contributed by atoms with Crippen LogP contribution in [0.1, 0.15) is 36.2 Å². The van der Waals surface area contributed by atoms with Crippen molar-refractivity contribution < 1.29 is 17.7 Å². The predicted octanol–water partition coefficient (Wildman–Crippen LogP) is 1.50. The third-order valence-corrected chi connectivity index (χ3v) is 7.18. The van der Waals surface area contributed by atoms with Gasteiger partial charge in [0.2, 0.25) is 21.1 Å². The summed E-state index contributed by atoms with van der Waals surface area (Å²) in [5.41, 5.74) is 0.292. The van der Waals surface area contributed by atoms with E-state index in [1.54, 1.807) is 13.8 Å². The van der Waals surface area contributed by atoms with Crippen LogP contribution in [0.3, 0.4) is 0 Å². The van der Waals surface area contributed by atoms with E-state index in [0.29, 0.717) is 23.7 Å². The number of sulfonamides is 1. The molecule has 0 spiro atoms. The highest BCUT2D eigenvalue weighted by molar-refractivity contribution is 7.89. The average molecular weight is 385 g/mol. The second kappa shape index (κ2) is 6.81. The van der Waals surface area contributed by atoms with Gasteiger partial charge in [-0.2, -0.15) is 4.31 Å². The van der Waals surface area contributed by atoms with Gasteiger partial charge in [0, 0.05) is 6.54 Å². The topological polar surface area (TPSA) is 118 Å². The van der Waals surface area contributed by atoms with Crippen LogP contribution in [0.4, 0.5) is 5.13 Å². The Balaban J connectivity index is 1.83. The Morgan fingerprint density at radius 3 is 2.76 bits per heavy atom. The van der Waals surface area contributed by atoms with E-state index in [0.717, 1.165) is 11.4 Å². The van der Waals surface area contributed by atoms with E-state index in [4.69, 9.17) is 4.52 Å². The van der Waals surface area contributed by atoms with Crippen LogP contribution in [0.5, 0.6) is 0 Å². The lowest BCUT2D eigenvalue weighted by molar-refractivity contribution is -0.119. The Hall–Kier alpha value is -1.85. The molecule has 0 aliphatic carbocycles. The van der Waals surface area contributed by atoms with Crippen LogP contribution in [0, 0.1) is 13.8 Å². The van der Waals surface area contributed by atoms with Gasteiger partial charge < -0.3 is 4.52 Å². The zero-order chi connectivity index (χ0) is 18.2. The normalized spacial score (nSPS) is 18.6. The summed E-state index contributed by atoms with van der Waals surface area (Å²) in [7, 11) is -3.86. The Bertz CT molecular complexity index is 869. The second-order valence-corrected chi connectivity index (χ2v) is 8.66. The summed E-state index contributed by atoms with van der Waals surface area (Å²) in [5.74, 6) is -0.174. The van der Waals surface area contributed by atoms with E-state index in [1.807, 2.05) is 6.92 Å². The van der Waals surface area contributed by atoms with Gasteiger partial charge in [-0.1, -0.05) is 23.4 Å². The van der Waals surface area contributed by atoms with E-state index < -0.39 is 22.0 Å². The molecule has 1 N–H and O–H groups in total. The molecule has 1 fully saturated rings. The number of carbonyl (C=O) groups excluding carboxylic acids is 1. The summed E-state index contributed by atoms with van der Waals surface area (Å²) >= 11 is 1.28. The summed E-state index contributed by atoms with van der Waals surface area (Å²) in [6, 6.07) is -0.785. The van der Waals surface area contributed by atoms with Crippen molar-refractivity contribution in [3.63, 3.8) is 0 Å². The minimum atomic E-state index is -3.86. The first kappa shape index (κ1) is 18.0. The molecule has 1 amide bonds. The number of carbonyl (C=O) groups is 1. The lowest BCUT2D eigenvalue weighted by Crippen LogP contribution is -2.43. The van der Waals surface area contributed by atoms with E-state index in [-0.39, 0.29) is 17.2 Å². The molecule has 11 heteroatoms. The molecule has 1 aliphatic heterocycles. The first-order valence-electron chi connectivity index (χ1n) is 7.92. The van der Waals surface area contributed by atoms with Crippen molar-refractivity contribution >= 4 is 32.4 Å². The van der Waals surface area contributed by atoms with Crippen LogP contribution < -0.4 is 5.32 Å². The van der Waals surface area contributed by atoms with E-state index in [2.05, 4.69) is 20.7 Å². The maximum absolute atomic E-state index is 13.0. The van der Waals surface area contributed by atoms with Crippen molar-refractivity contribution in [3.8, 4) is 0 Å². The summed E-state index contributed by atoms with van der Waals surface area (Å²) in [6.45, 7) is 5.34. The molecule has 0 saturated carbocycles. The maximum Gasteiger partial charge on any atom is 0.249 e. The zero-order valence-corrected chi connectivity index (χ0v) is 15.8. The third-order valence-electron chi connectivity index (χ3n) is 4.04. The van der Waals surface area contributed by atoms with Crippen molar-refractivity contribution in [1.82, 2.24) is 19.7 Å². The average Bonchev–Trinajstić information content (AvgIpc) is 3.27. The highest BCUT2D eigenvalue weighted by Crippen LogP contribution is 2.30. The van der Waals surface area contributed by atoms with Crippen molar-refractivity contribution in [2.75, 3.05) is 11.9 Å². The zero-order valence-electron chi connectivity index (χ0n) is 14.1. The summed E-state index contributed by atoms with van der Waals surface area (Å²) in [6.07, 6.45) is 1.79. The first-order chi connectivity index (χ1) is 11.8. The number of hydrogen-bond acceptors (Lipinski definition) is 8. The largest absolute Gasteiger partial charge is 0.360 e. The lowest BCUT2D eigenvalue weighted by Gasteiger charge is -2.22. The Labute approximate surface area is 149 Å². The molecule has 0 unspecified atom stereocenters. The number of hydrogen-bond donors (Lipinski definition) is 1. The number of nitrogens with zero attached hydrogens (tertiary/aromatic N) is 4. The molecule has 1 atom stereocenters. The van der Waals surface area contributed by atoms with Gasteiger partial charge in [0.1, 0.15) is 21.6 Å².